The van der Waals surface area contributed by atoms with E-state index in [2.05, 4.69) is 29.7 Å². The molecule has 0 saturated carbocycles. The first-order valence-corrected chi connectivity index (χ1v) is 9.75. The SMILES string of the molecule is CC1CN(CCC2CCN(c3ccc(C#N)c(Cl)c3)CC2)CC(C)O1. The first-order chi connectivity index (χ1) is 12.0. The second kappa shape index (κ2) is 8.40. The minimum absolute atomic E-state index is 0.353. The van der Waals surface area contributed by atoms with Gasteiger partial charge in [-0.2, -0.15) is 5.26 Å². The monoisotopic (exact) mass is 361 g/mol. The van der Waals surface area contributed by atoms with E-state index in [0.717, 1.165) is 37.8 Å². The number of rotatable bonds is 4. The van der Waals surface area contributed by atoms with Crippen molar-refractivity contribution in [1.29, 1.82) is 5.26 Å². The Morgan fingerprint density at radius 3 is 2.48 bits per heavy atom. The number of hydrogen-bond donors (Lipinski definition) is 0. The molecule has 4 nitrogen and oxygen atoms in total. The first-order valence-electron chi connectivity index (χ1n) is 9.37. The van der Waals surface area contributed by atoms with Gasteiger partial charge in [0.2, 0.25) is 0 Å². The van der Waals surface area contributed by atoms with Crippen LogP contribution in [0.15, 0.2) is 18.2 Å². The van der Waals surface area contributed by atoms with E-state index in [0.29, 0.717) is 22.8 Å². The largest absolute Gasteiger partial charge is 0.373 e. The Labute approximate surface area is 156 Å². The van der Waals surface area contributed by atoms with Crippen molar-refractivity contribution >= 4 is 17.3 Å². The lowest BCUT2D eigenvalue weighted by molar-refractivity contribution is -0.0690. The van der Waals surface area contributed by atoms with E-state index in [4.69, 9.17) is 21.6 Å². The zero-order chi connectivity index (χ0) is 17.8. The molecule has 2 fully saturated rings. The Kier molecular flexibility index (Phi) is 6.22. The van der Waals surface area contributed by atoms with Gasteiger partial charge in [-0.1, -0.05) is 11.6 Å². The maximum Gasteiger partial charge on any atom is 0.101 e. The van der Waals surface area contributed by atoms with E-state index in [9.17, 15) is 0 Å². The van der Waals surface area contributed by atoms with Crippen molar-refractivity contribution in [2.24, 2.45) is 5.92 Å². The molecule has 0 bridgehead atoms. The molecule has 0 aromatic heterocycles. The van der Waals surface area contributed by atoms with Crippen molar-refractivity contribution in [1.82, 2.24) is 4.90 Å². The van der Waals surface area contributed by atoms with Crippen LogP contribution >= 0.6 is 11.6 Å². The minimum atomic E-state index is 0.353. The van der Waals surface area contributed by atoms with Gasteiger partial charge in [0.25, 0.3) is 0 Å². The van der Waals surface area contributed by atoms with Gasteiger partial charge in [-0.25, -0.2) is 0 Å². The summed E-state index contributed by atoms with van der Waals surface area (Å²) in [5, 5.41) is 9.55. The fourth-order valence-corrected chi connectivity index (χ4v) is 4.32. The summed E-state index contributed by atoms with van der Waals surface area (Å²) in [4.78, 5) is 4.95. The summed E-state index contributed by atoms with van der Waals surface area (Å²) in [6.45, 7) is 9.80. The predicted molar refractivity (Wildman–Crippen MR) is 102 cm³/mol. The normalized spacial score (nSPS) is 25.8. The van der Waals surface area contributed by atoms with Crippen LogP contribution in [0.4, 0.5) is 5.69 Å². The summed E-state index contributed by atoms with van der Waals surface area (Å²) in [6, 6.07) is 7.89. The molecule has 2 unspecified atom stereocenters. The van der Waals surface area contributed by atoms with E-state index >= 15 is 0 Å². The van der Waals surface area contributed by atoms with Crippen LogP contribution in [0, 0.1) is 17.2 Å². The highest BCUT2D eigenvalue weighted by atomic mass is 35.5. The lowest BCUT2D eigenvalue weighted by atomic mass is 9.92. The number of nitrogens with zero attached hydrogens (tertiary/aromatic N) is 3. The summed E-state index contributed by atoms with van der Waals surface area (Å²) in [5.41, 5.74) is 1.69. The van der Waals surface area contributed by atoms with Gasteiger partial charge in [-0.05, 0) is 63.8 Å². The lowest BCUT2D eigenvalue weighted by Gasteiger charge is -2.37. The van der Waals surface area contributed by atoms with Gasteiger partial charge in [0.15, 0.2) is 0 Å². The standard InChI is InChI=1S/C20H28ClN3O/c1-15-13-23(14-16(2)25-15)8-5-17-6-9-24(10-7-17)19-4-3-18(12-22)20(21)11-19/h3-4,11,15-17H,5-10,13-14H2,1-2H3. The topological polar surface area (TPSA) is 39.5 Å². The van der Waals surface area contributed by atoms with Gasteiger partial charge in [0.1, 0.15) is 6.07 Å². The van der Waals surface area contributed by atoms with Gasteiger partial charge >= 0.3 is 0 Å². The van der Waals surface area contributed by atoms with Crippen molar-refractivity contribution in [3.05, 3.63) is 28.8 Å². The molecule has 2 atom stereocenters. The number of anilines is 1. The average Bonchev–Trinajstić information content (AvgIpc) is 2.59. The zero-order valence-electron chi connectivity index (χ0n) is 15.2. The third kappa shape index (κ3) is 4.88. The van der Waals surface area contributed by atoms with Gasteiger partial charge < -0.3 is 9.64 Å². The van der Waals surface area contributed by atoms with Crippen LogP contribution in [0.25, 0.3) is 0 Å². The quantitative estimate of drug-likeness (QED) is 0.814. The molecule has 2 aliphatic rings. The molecule has 3 rings (SSSR count). The van der Waals surface area contributed by atoms with E-state index in [-0.39, 0.29) is 0 Å². The highest BCUT2D eigenvalue weighted by Crippen LogP contribution is 2.28. The predicted octanol–water partition coefficient (Wildman–Crippen LogP) is 3.93. The molecule has 0 spiro atoms. The Hall–Kier alpha value is -1.28. The van der Waals surface area contributed by atoms with Gasteiger partial charge in [0, 0.05) is 31.9 Å². The Morgan fingerprint density at radius 1 is 1.20 bits per heavy atom. The van der Waals surface area contributed by atoms with Gasteiger partial charge in [0.05, 0.1) is 22.8 Å². The molecule has 2 saturated heterocycles. The van der Waals surface area contributed by atoms with Crippen molar-refractivity contribution in [2.75, 3.05) is 37.6 Å². The summed E-state index contributed by atoms with van der Waals surface area (Å²) in [7, 11) is 0. The number of nitriles is 1. The van der Waals surface area contributed by atoms with Crippen LogP contribution in [-0.2, 0) is 4.74 Å². The second-order valence-corrected chi connectivity index (χ2v) is 7.92. The lowest BCUT2D eigenvalue weighted by Crippen LogP contribution is -2.46. The molecule has 2 aliphatic heterocycles. The van der Waals surface area contributed by atoms with Crippen molar-refractivity contribution in [2.45, 2.75) is 45.3 Å². The van der Waals surface area contributed by atoms with Gasteiger partial charge in [-0.15, -0.1) is 0 Å². The number of hydrogen-bond acceptors (Lipinski definition) is 4. The van der Waals surface area contributed by atoms with Crippen molar-refractivity contribution in [3.8, 4) is 6.07 Å². The summed E-state index contributed by atoms with van der Waals surface area (Å²) in [6.07, 6.45) is 4.44. The van der Waals surface area contributed by atoms with Crippen LogP contribution < -0.4 is 4.90 Å². The molecule has 25 heavy (non-hydrogen) atoms. The molecule has 1 aromatic rings. The molecular weight excluding hydrogens is 334 g/mol. The highest BCUT2D eigenvalue weighted by Gasteiger charge is 2.24. The second-order valence-electron chi connectivity index (χ2n) is 7.51. The van der Waals surface area contributed by atoms with Crippen molar-refractivity contribution in [3.63, 3.8) is 0 Å². The van der Waals surface area contributed by atoms with Crippen LogP contribution in [0.1, 0.15) is 38.7 Å². The molecule has 0 radical (unpaired) electrons. The van der Waals surface area contributed by atoms with E-state index < -0.39 is 0 Å². The number of morpholine rings is 1. The number of benzene rings is 1. The Morgan fingerprint density at radius 2 is 1.88 bits per heavy atom. The van der Waals surface area contributed by atoms with Crippen molar-refractivity contribution < 1.29 is 4.74 Å². The molecule has 2 heterocycles. The smallest absolute Gasteiger partial charge is 0.101 e. The van der Waals surface area contributed by atoms with Crippen LogP contribution in [0.2, 0.25) is 5.02 Å². The van der Waals surface area contributed by atoms with E-state index in [1.807, 2.05) is 18.2 Å². The maximum absolute atomic E-state index is 8.99. The Bertz CT molecular complexity index is 612. The summed E-state index contributed by atoms with van der Waals surface area (Å²) < 4.78 is 5.82. The Balaban J connectivity index is 1.46. The highest BCUT2D eigenvalue weighted by molar-refractivity contribution is 6.32. The van der Waals surface area contributed by atoms with Gasteiger partial charge in [-0.3, -0.25) is 4.90 Å². The average molecular weight is 362 g/mol. The van der Waals surface area contributed by atoms with Crippen LogP contribution in [-0.4, -0.2) is 49.8 Å². The zero-order valence-corrected chi connectivity index (χ0v) is 16.0. The molecular formula is C20H28ClN3O. The maximum atomic E-state index is 8.99. The van der Waals surface area contributed by atoms with E-state index in [1.54, 1.807) is 0 Å². The third-order valence-electron chi connectivity index (χ3n) is 5.40. The van der Waals surface area contributed by atoms with Crippen LogP contribution in [0.5, 0.6) is 0 Å². The van der Waals surface area contributed by atoms with E-state index in [1.165, 1.54) is 25.8 Å². The molecule has 0 amide bonds. The molecule has 136 valence electrons. The number of halogens is 1. The number of piperidine rings is 1. The number of ether oxygens (including phenoxy) is 1. The molecule has 1 aromatic carbocycles. The fraction of sp³-hybridized carbons (Fsp3) is 0.650. The first kappa shape index (κ1) is 18.5. The molecule has 0 aliphatic carbocycles. The molecule has 0 N–H and O–H groups in total. The summed E-state index contributed by atoms with van der Waals surface area (Å²) in [5.74, 6) is 0.804. The fourth-order valence-electron chi connectivity index (χ4n) is 4.10. The minimum Gasteiger partial charge on any atom is -0.373 e. The third-order valence-corrected chi connectivity index (χ3v) is 5.71. The summed E-state index contributed by atoms with van der Waals surface area (Å²) >= 11 is 6.17. The van der Waals surface area contributed by atoms with Crippen LogP contribution in [0.3, 0.4) is 0 Å². The molecule has 5 heteroatoms.